The molecule has 0 aliphatic carbocycles. The molecule has 2 aromatic rings. The van der Waals surface area contributed by atoms with Crippen LogP contribution in [0.3, 0.4) is 0 Å². The zero-order chi connectivity index (χ0) is 13.5. The summed E-state index contributed by atoms with van der Waals surface area (Å²) in [6, 6.07) is 15.4. The van der Waals surface area contributed by atoms with Crippen LogP contribution in [-0.2, 0) is 0 Å². The van der Waals surface area contributed by atoms with Crippen LogP contribution in [0.25, 0.3) is 0 Å². The average Bonchev–Trinajstić information content (AvgIpc) is 2.43. The van der Waals surface area contributed by atoms with Crippen LogP contribution in [0.2, 0.25) is 0 Å². The Morgan fingerprint density at radius 3 is 2.58 bits per heavy atom. The van der Waals surface area contributed by atoms with Crippen LogP contribution in [-0.4, -0.2) is 11.7 Å². The number of hydrogen-bond acceptors (Lipinski definition) is 2. The lowest BCUT2D eigenvalue weighted by atomic mass is 10.0. The van der Waals surface area contributed by atoms with Crippen LogP contribution in [0.15, 0.2) is 48.5 Å². The molecule has 0 aliphatic heterocycles. The van der Waals surface area contributed by atoms with Gasteiger partial charge in [-0.15, -0.1) is 0 Å². The number of benzene rings is 2. The Morgan fingerprint density at radius 2 is 1.89 bits per heavy atom. The van der Waals surface area contributed by atoms with Crippen molar-refractivity contribution in [1.29, 1.82) is 0 Å². The molecule has 2 nitrogen and oxygen atoms in total. The molecule has 0 spiro atoms. The second kappa shape index (κ2) is 6.83. The summed E-state index contributed by atoms with van der Waals surface area (Å²) >= 11 is 0. The molecular formula is C17H19O2. The molecule has 0 aliphatic rings. The first-order valence-corrected chi connectivity index (χ1v) is 6.65. The minimum Gasteiger partial charge on any atom is -0.508 e. The summed E-state index contributed by atoms with van der Waals surface area (Å²) in [6.07, 6.45) is 4.08. The van der Waals surface area contributed by atoms with Gasteiger partial charge in [0.1, 0.15) is 11.5 Å². The van der Waals surface area contributed by atoms with E-state index in [0.717, 1.165) is 29.7 Å². The summed E-state index contributed by atoms with van der Waals surface area (Å²) in [6.45, 7) is 2.82. The van der Waals surface area contributed by atoms with Crippen molar-refractivity contribution in [2.75, 3.05) is 6.61 Å². The molecule has 19 heavy (non-hydrogen) atoms. The van der Waals surface area contributed by atoms with E-state index in [1.807, 2.05) is 48.9 Å². The second-order valence-corrected chi connectivity index (χ2v) is 4.48. The summed E-state index contributed by atoms with van der Waals surface area (Å²) in [4.78, 5) is 0. The van der Waals surface area contributed by atoms with E-state index in [9.17, 15) is 5.11 Å². The third-order valence-corrected chi connectivity index (χ3v) is 2.89. The summed E-state index contributed by atoms with van der Waals surface area (Å²) in [5.74, 6) is 0.967. The Bertz CT molecular complexity index is 506. The molecule has 0 unspecified atom stereocenters. The maximum atomic E-state index is 10.00. The van der Waals surface area contributed by atoms with E-state index >= 15 is 0 Å². The standard InChI is InChI=1S/C17H19O2/c1-2-3-11-19-16-10-9-15(17(18)13-16)12-14-7-5-4-6-8-14/h4-10,12-13,18H,2-3,11H2,1H3. The van der Waals surface area contributed by atoms with E-state index in [4.69, 9.17) is 4.74 Å². The molecule has 2 aromatic carbocycles. The van der Waals surface area contributed by atoms with Crippen LogP contribution in [0.5, 0.6) is 11.5 Å². The van der Waals surface area contributed by atoms with Gasteiger partial charge in [-0.25, -0.2) is 0 Å². The molecule has 2 heteroatoms. The van der Waals surface area contributed by atoms with Gasteiger partial charge in [0.2, 0.25) is 0 Å². The largest absolute Gasteiger partial charge is 0.508 e. The number of aromatic hydroxyl groups is 1. The van der Waals surface area contributed by atoms with Gasteiger partial charge in [-0.3, -0.25) is 0 Å². The number of unbranched alkanes of at least 4 members (excludes halogenated alkanes) is 1. The molecule has 99 valence electrons. The number of rotatable bonds is 6. The van der Waals surface area contributed by atoms with Gasteiger partial charge in [0, 0.05) is 18.1 Å². The first-order chi connectivity index (χ1) is 9.29. The fraction of sp³-hybridized carbons (Fsp3) is 0.235. The van der Waals surface area contributed by atoms with Crippen LogP contribution < -0.4 is 4.74 Å². The Labute approximate surface area is 114 Å². The Morgan fingerprint density at radius 1 is 1.11 bits per heavy atom. The van der Waals surface area contributed by atoms with E-state index in [-0.39, 0.29) is 5.75 Å². The molecule has 0 fully saturated rings. The summed E-state index contributed by atoms with van der Waals surface area (Å²) in [7, 11) is 0. The Hall–Kier alpha value is -1.96. The van der Waals surface area contributed by atoms with Gasteiger partial charge < -0.3 is 9.84 Å². The van der Waals surface area contributed by atoms with Crippen molar-refractivity contribution in [1.82, 2.24) is 0 Å². The van der Waals surface area contributed by atoms with Gasteiger partial charge in [0.25, 0.3) is 0 Å². The normalized spacial score (nSPS) is 10.4. The first-order valence-electron chi connectivity index (χ1n) is 6.65. The number of hydrogen-bond donors (Lipinski definition) is 1. The Balaban J connectivity index is 2.03. The minimum absolute atomic E-state index is 0.248. The highest BCUT2D eigenvalue weighted by atomic mass is 16.5. The molecule has 1 radical (unpaired) electrons. The van der Waals surface area contributed by atoms with Crippen molar-refractivity contribution in [3.8, 4) is 11.5 Å². The molecule has 0 atom stereocenters. The highest BCUT2D eigenvalue weighted by molar-refractivity contribution is 5.48. The Kier molecular flexibility index (Phi) is 4.85. The molecule has 0 heterocycles. The van der Waals surface area contributed by atoms with Crippen molar-refractivity contribution in [2.45, 2.75) is 19.8 Å². The molecule has 0 saturated heterocycles. The lowest BCUT2D eigenvalue weighted by Crippen LogP contribution is -1.96. The number of phenolic OH excluding ortho intramolecular Hbond substituents is 1. The van der Waals surface area contributed by atoms with Gasteiger partial charge in [0.15, 0.2) is 0 Å². The molecule has 0 saturated carbocycles. The van der Waals surface area contributed by atoms with Crippen molar-refractivity contribution in [3.05, 3.63) is 66.1 Å². The van der Waals surface area contributed by atoms with Gasteiger partial charge >= 0.3 is 0 Å². The highest BCUT2D eigenvalue weighted by Crippen LogP contribution is 2.26. The molecule has 2 rings (SSSR count). The van der Waals surface area contributed by atoms with Gasteiger partial charge in [0.05, 0.1) is 6.61 Å². The zero-order valence-corrected chi connectivity index (χ0v) is 11.2. The fourth-order valence-corrected chi connectivity index (χ4v) is 1.80. The summed E-state index contributed by atoms with van der Waals surface area (Å²) < 4.78 is 5.56. The maximum absolute atomic E-state index is 10.00. The molecule has 1 N–H and O–H groups in total. The molecular weight excluding hydrogens is 236 g/mol. The second-order valence-electron chi connectivity index (χ2n) is 4.48. The topological polar surface area (TPSA) is 29.5 Å². The summed E-state index contributed by atoms with van der Waals surface area (Å²) in [5, 5.41) is 10.00. The number of phenols is 1. The van der Waals surface area contributed by atoms with Crippen LogP contribution >= 0.6 is 0 Å². The van der Waals surface area contributed by atoms with Crippen LogP contribution in [0.1, 0.15) is 30.9 Å². The van der Waals surface area contributed by atoms with Gasteiger partial charge in [-0.2, -0.15) is 0 Å². The fourth-order valence-electron chi connectivity index (χ4n) is 1.80. The molecule has 0 aromatic heterocycles. The molecule has 0 bridgehead atoms. The third-order valence-electron chi connectivity index (χ3n) is 2.89. The lowest BCUT2D eigenvalue weighted by Gasteiger charge is -2.09. The van der Waals surface area contributed by atoms with Crippen molar-refractivity contribution >= 4 is 0 Å². The van der Waals surface area contributed by atoms with E-state index < -0.39 is 0 Å². The quantitative estimate of drug-likeness (QED) is 0.785. The van der Waals surface area contributed by atoms with Crippen molar-refractivity contribution in [2.24, 2.45) is 0 Å². The lowest BCUT2D eigenvalue weighted by molar-refractivity contribution is 0.307. The summed E-state index contributed by atoms with van der Waals surface area (Å²) in [5.41, 5.74) is 1.87. The van der Waals surface area contributed by atoms with Gasteiger partial charge in [-0.1, -0.05) is 49.7 Å². The number of ether oxygens (including phenoxy) is 1. The van der Waals surface area contributed by atoms with E-state index in [1.54, 1.807) is 6.07 Å². The first kappa shape index (κ1) is 13.5. The monoisotopic (exact) mass is 255 g/mol. The van der Waals surface area contributed by atoms with Crippen LogP contribution in [0, 0.1) is 6.42 Å². The van der Waals surface area contributed by atoms with E-state index in [2.05, 4.69) is 6.92 Å². The van der Waals surface area contributed by atoms with Crippen LogP contribution in [0.4, 0.5) is 0 Å². The third kappa shape index (κ3) is 4.02. The SMILES string of the molecule is CCCCOc1ccc([CH]c2ccccc2)c(O)c1. The average molecular weight is 255 g/mol. The predicted molar refractivity (Wildman–Crippen MR) is 77.5 cm³/mol. The zero-order valence-electron chi connectivity index (χ0n) is 11.2. The predicted octanol–water partition coefficient (Wildman–Crippen LogP) is 4.17. The smallest absolute Gasteiger partial charge is 0.123 e. The van der Waals surface area contributed by atoms with E-state index in [1.165, 1.54) is 0 Å². The van der Waals surface area contributed by atoms with E-state index in [0.29, 0.717) is 6.61 Å². The highest BCUT2D eigenvalue weighted by Gasteiger charge is 2.05. The minimum atomic E-state index is 0.248. The molecule has 0 amide bonds. The van der Waals surface area contributed by atoms with Crippen molar-refractivity contribution in [3.63, 3.8) is 0 Å². The maximum Gasteiger partial charge on any atom is 0.123 e. The van der Waals surface area contributed by atoms with Gasteiger partial charge in [-0.05, 0) is 18.1 Å². The van der Waals surface area contributed by atoms with Crippen molar-refractivity contribution < 1.29 is 9.84 Å².